The van der Waals surface area contributed by atoms with Gasteiger partial charge in [-0.05, 0) is 48.9 Å². The summed E-state index contributed by atoms with van der Waals surface area (Å²) >= 11 is 0. The maximum atomic E-state index is 12.6. The number of hydrogen-bond donors (Lipinski definition) is 0. The zero-order chi connectivity index (χ0) is 19.1. The molecule has 1 amide bonds. The van der Waals surface area contributed by atoms with E-state index in [4.69, 9.17) is 14.2 Å². The van der Waals surface area contributed by atoms with Crippen LogP contribution in [-0.4, -0.2) is 75.9 Å². The van der Waals surface area contributed by atoms with Crippen molar-refractivity contribution in [3.8, 4) is 11.5 Å². The molecular formula is C21H32N2O4. The molecule has 0 spiro atoms. The standard InChI is InChI=1S/C21H32N2O4/c1-25-19-4-5-20(26-2)18(15-19)3-6-21(24)23-9-7-17(8-10-23)16-22-11-13-27-14-12-22/h4-5,15,17H,3,6-14,16H2,1-2H3. The number of amides is 1. The quantitative estimate of drug-likeness (QED) is 0.730. The van der Waals surface area contributed by atoms with Crippen molar-refractivity contribution in [2.45, 2.75) is 25.7 Å². The molecular weight excluding hydrogens is 344 g/mol. The third-order valence-corrected chi connectivity index (χ3v) is 5.68. The Hall–Kier alpha value is -1.79. The molecule has 0 aromatic heterocycles. The van der Waals surface area contributed by atoms with Gasteiger partial charge in [0, 0.05) is 39.1 Å². The number of carbonyl (C=O) groups excluding carboxylic acids is 1. The molecule has 2 fully saturated rings. The van der Waals surface area contributed by atoms with Crippen LogP contribution >= 0.6 is 0 Å². The summed E-state index contributed by atoms with van der Waals surface area (Å²) in [6, 6.07) is 5.74. The highest BCUT2D eigenvalue weighted by Gasteiger charge is 2.25. The summed E-state index contributed by atoms with van der Waals surface area (Å²) in [5.74, 6) is 2.55. The fraction of sp³-hybridized carbons (Fsp3) is 0.667. The highest BCUT2D eigenvalue weighted by molar-refractivity contribution is 5.76. The second-order valence-corrected chi connectivity index (χ2v) is 7.41. The Morgan fingerprint density at radius 2 is 1.85 bits per heavy atom. The summed E-state index contributed by atoms with van der Waals surface area (Å²) in [6.45, 7) is 6.69. The van der Waals surface area contributed by atoms with Crippen LogP contribution in [0, 0.1) is 5.92 Å². The molecule has 3 rings (SSSR count). The Morgan fingerprint density at radius 1 is 1.11 bits per heavy atom. The van der Waals surface area contributed by atoms with Crippen LogP contribution in [0.25, 0.3) is 0 Å². The molecule has 1 aromatic carbocycles. The zero-order valence-electron chi connectivity index (χ0n) is 16.6. The minimum atomic E-state index is 0.240. The number of piperidine rings is 1. The molecule has 2 heterocycles. The predicted octanol–water partition coefficient (Wildman–Crippen LogP) is 2.21. The van der Waals surface area contributed by atoms with Gasteiger partial charge in [-0.2, -0.15) is 0 Å². The van der Waals surface area contributed by atoms with Crippen LogP contribution in [0.5, 0.6) is 11.5 Å². The first-order chi connectivity index (χ1) is 13.2. The van der Waals surface area contributed by atoms with Crippen LogP contribution in [0.3, 0.4) is 0 Å². The van der Waals surface area contributed by atoms with E-state index in [1.54, 1.807) is 14.2 Å². The number of nitrogens with zero attached hydrogens (tertiary/aromatic N) is 2. The van der Waals surface area contributed by atoms with Crippen molar-refractivity contribution in [3.63, 3.8) is 0 Å². The lowest BCUT2D eigenvalue weighted by Gasteiger charge is -2.36. The predicted molar refractivity (Wildman–Crippen MR) is 104 cm³/mol. The van der Waals surface area contributed by atoms with Crippen LogP contribution in [0.4, 0.5) is 0 Å². The van der Waals surface area contributed by atoms with Gasteiger partial charge in [-0.3, -0.25) is 9.69 Å². The van der Waals surface area contributed by atoms with Crippen LogP contribution in [0.1, 0.15) is 24.8 Å². The molecule has 6 heteroatoms. The highest BCUT2D eigenvalue weighted by Crippen LogP contribution is 2.26. The SMILES string of the molecule is COc1ccc(OC)c(CCC(=O)N2CCC(CN3CCOCC3)CC2)c1. The van der Waals surface area contributed by atoms with Crippen molar-refractivity contribution in [2.75, 3.05) is 60.2 Å². The topological polar surface area (TPSA) is 51.2 Å². The molecule has 0 unspecified atom stereocenters. The Balaban J connectivity index is 1.44. The summed E-state index contributed by atoms with van der Waals surface area (Å²) < 4.78 is 16.1. The first-order valence-corrected chi connectivity index (χ1v) is 9.98. The van der Waals surface area contributed by atoms with Crippen LogP contribution < -0.4 is 9.47 Å². The number of rotatable bonds is 7. The van der Waals surface area contributed by atoms with E-state index in [0.717, 1.165) is 75.8 Å². The van der Waals surface area contributed by atoms with E-state index in [9.17, 15) is 4.79 Å². The Labute approximate surface area is 162 Å². The first kappa shape index (κ1) is 20.0. The zero-order valence-corrected chi connectivity index (χ0v) is 16.6. The van der Waals surface area contributed by atoms with Crippen molar-refractivity contribution in [3.05, 3.63) is 23.8 Å². The second kappa shape index (κ2) is 9.95. The molecule has 0 saturated carbocycles. The summed E-state index contributed by atoms with van der Waals surface area (Å²) in [6.07, 6.45) is 3.39. The van der Waals surface area contributed by atoms with Crippen molar-refractivity contribution >= 4 is 5.91 Å². The molecule has 0 bridgehead atoms. The van der Waals surface area contributed by atoms with Gasteiger partial charge in [0.1, 0.15) is 11.5 Å². The van der Waals surface area contributed by atoms with Gasteiger partial charge in [-0.1, -0.05) is 0 Å². The second-order valence-electron chi connectivity index (χ2n) is 7.41. The maximum absolute atomic E-state index is 12.6. The van der Waals surface area contributed by atoms with Crippen LogP contribution in [0.2, 0.25) is 0 Å². The molecule has 0 aliphatic carbocycles. The van der Waals surface area contributed by atoms with Gasteiger partial charge in [-0.25, -0.2) is 0 Å². The van der Waals surface area contributed by atoms with Gasteiger partial charge >= 0.3 is 0 Å². The fourth-order valence-electron chi connectivity index (χ4n) is 3.99. The van der Waals surface area contributed by atoms with Gasteiger partial charge in [0.15, 0.2) is 0 Å². The first-order valence-electron chi connectivity index (χ1n) is 9.98. The third kappa shape index (κ3) is 5.59. The summed E-state index contributed by atoms with van der Waals surface area (Å²) in [4.78, 5) is 17.2. The molecule has 2 aliphatic rings. The molecule has 2 aliphatic heterocycles. The summed E-state index contributed by atoms with van der Waals surface area (Å²) in [7, 11) is 3.31. The summed E-state index contributed by atoms with van der Waals surface area (Å²) in [5.41, 5.74) is 1.02. The molecule has 2 saturated heterocycles. The normalized spacial score (nSPS) is 19.1. The number of likely N-dealkylation sites (tertiary alicyclic amines) is 1. The number of morpholine rings is 1. The number of ether oxygens (including phenoxy) is 3. The molecule has 0 atom stereocenters. The monoisotopic (exact) mass is 376 g/mol. The molecule has 1 aromatic rings. The lowest BCUT2D eigenvalue weighted by molar-refractivity contribution is -0.132. The van der Waals surface area contributed by atoms with Gasteiger partial charge < -0.3 is 19.1 Å². The number of benzene rings is 1. The average Bonchev–Trinajstić information content (AvgIpc) is 2.73. The lowest BCUT2D eigenvalue weighted by Crippen LogP contribution is -2.44. The maximum Gasteiger partial charge on any atom is 0.222 e. The van der Waals surface area contributed by atoms with E-state index < -0.39 is 0 Å². The van der Waals surface area contributed by atoms with Crippen molar-refractivity contribution < 1.29 is 19.0 Å². The third-order valence-electron chi connectivity index (χ3n) is 5.68. The Kier molecular flexibility index (Phi) is 7.35. The van der Waals surface area contributed by atoms with E-state index in [0.29, 0.717) is 18.8 Å². The average molecular weight is 376 g/mol. The van der Waals surface area contributed by atoms with Crippen molar-refractivity contribution in [2.24, 2.45) is 5.92 Å². The number of aryl methyl sites for hydroxylation is 1. The fourth-order valence-corrected chi connectivity index (χ4v) is 3.99. The van der Waals surface area contributed by atoms with E-state index in [1.165, 1.54) is 0 Å². The smallest absolute Gasteiger partial charge is 0.222 e. The van der Waals surface area contributed by atoms with Crippen molar-refractivity contribution in [1.29, 1.82) is 0 Å². The minimum Gasteiger partial charge on any atom is -0.497 e. The van der Waals surface area contributed by atoms with Gasteiger partial charge in [-0.15, -0.1) is 0 Å². The molecule has 150 valence electrons. The van der Waals surface area contributed by atoms with E-state index in [-0.39, 0.29) is 5.91 Å². The lowest BCUT2D eigenvalue weighted by atomic mass is 9.95. The van der Waals surface area contributed by atoms with Crippen LogP contribution in [0.15, 0.2) is 18.2 Å². The molecule has 6 nitrogen and oxygen atoms in total. The van der Waals surface area contributed by atoms with Gasteiger partial charge in [0.05, 0.1) is 27.4 Å². The number of carbonyl (C=O) groups is 1. The number of methoxy groups -OCH3 is 2. The highest BCUT2D eigenvalue weighted by atomic mass is 16.5. The minimum absolute atomic E-state index is 0.240. The van der Waals surface area contributed by atoms with E-state index in [1.807, 2.05) is 23.1 Å². The molecule has 27 heavy (non-hydrogen) atoms. The van der Waals surface area contributed by atoms with E-state index in [2.05, 4.69) is 4.90 Å². The molecule has 0 radical (unpaired) electrons. The van der Waals surface area contributed by atoms with Crippen LogP contribution in [-0.2, 0) is 16.0 Å². The van der Waals surface area contributed by atoms with Gasteiger partial charge in [0.25, 0.3) is 0 Å². The van der Waals surface area contributed by atoms with E-state index >= 15 is 0 Å². The van der Waals surface area contributed by atoms with Crippen molar-refractivity contribution in [1.82, 2.24) is 9.80 Å². The number of hydrogen-bond acceptors (Lipinski definition) is 5. The summed E-state index contributed by atoms with van der Waals surface area (Å²) in [5, 5.41) is 0. The Bertz CT molecular complexity index is 608. The Morgan fingerprint density at radius 3 is 2.52 bits per heavy atom. The molecule has 0 N–H and O–H groups in total. The van der Waals surface area contributed by atoms with Gasteiger partial charge in [0.2, 0.25) is 5.91 Å². The largest absolute Gasteiger partial charge is 0.497 e.